The maximum atomic E-state index is 13.7. The average molecular weight is 378 g/mol. The molecule has 0 unspecified atom stereocenters. The van der Waals surface area contributed by atoms with Crippen LogP contribution < -0.4 is 4.74 Å². The lowest BCUT2D eigenvalue weighted by atomic mass is 10.2. The van der Waals surface area contributed by atoms with Crippen molar-refractivity contribution in [1.82, 2.24) is 0 Å². The third-order valence-electron chi connectivity index (χ3n) is 2.30. The van der Waals surface area contributed by atoms with Gasteiger partial charge in [-0.05, 0) is 34.1 Å². The van der Waals surface area contributed by atoms with Gasteiger partial charge in [-0.25, -0.2) is 8.78 Å². The molecule has 0 aliphatic rings. The Morgan fingerprint density at radius 2 is 1.89 bits per heavy atom. The highest BCUT2D eigenvalue weighted by molar-refractivity contribution is 9.10. The molecule has 0 aliphatic heterocycles. The Morgan fingerprint density at radius 3 is 2.61 bits per heavy atom. The van der Waals surface area contributed by atoms with Crippen LogP contribution in [0.2, 0.25) is 0 Å². The summed E-state index contributed by atoms with van der Waals surface area (Å²) in [6.45, 7) is 0. The van der Waals surface area contributed by atoms with Crippen molar-refractivity contribution < 1.29 is 13.5 Å². The van der Waals surface area contributed by atoms with Crippen LogP contribution in [0.1, 0.15) is 5.56 Å². The number of para-hydroxylation sites is 1. The van der Waals surface area contributed by atoms with E-state index < -0.39 is 11.6 Å². The summed E-state index contributed by atoms with van der Waals surface area (Å²) in [7, 11) is 0. The highest BCUT2D eigenvalue weighted by Gasteiger charge is 2.12. The molecule has 0 bridgehead atoms. The van der Waals surface area contributed by atoms with Crippen LogP contribution in [0.15, 0.2) is 40.9 Å². The van der Waals surface area contributed by atoms with Gasteiger partial charge in [0.25, 0.3) is 0 Å². The largest absolute Gasteiger partial charge is 0.453 e. The monoisotopic (exact) mass is 376 g/mol. The van der Waals surface area contributed by atoms with Gasteiger partial charge in [-0.3, -0.25) is 0 Å². The van der Waals surface area contributed by atoms with Crippen LogP contribution in [0.3, 0.4) is 0 Å². The highest BCUT2D eigenvalue weighted by Crippen LogP contribution is 2.34. The van der Waals surface area contributed by atoms with Gasteiger partial charge in [0.1, 0.15) is 11.6 Å². The molecule has 0 amide bonds. The Hall–Kier alpha value is -0.940. The Morgan fingerprint density at radius 1 is 1.11 bits per heavy atom. The van der Waals surface area contributed by atoms with Crippen LogP contribution in [0, 0.1) is 11.6 Å². The van der Waals surface area contributed by atoms with Crippen molar-refractivity contribution in [1.29, 1.82) is 0 Å². The van der Waals surface area contributed by atoms with Crippen molar-refractivity contribution in [2.75, 3.05) is 0 Å². The molecule has 0 N–H and O–H groups in total. The molecule has 2 aromatic rings. The lowest BCUT2D eigenvalue weighted by Gasteiger charge is -2.11. The summed E-state index contributed by atoms with van der Waals surface area (Å²) in [5.74, 6) is -0.587. The minimum absolute atomic E-state index is 0.0978. The van der Waals surface area contributed by atoms with E-state index in [0.29, 0.717) is 15.4 Å². The van der Waals surface area contributed by atoms with Gasteiger partial charge in [-0.15, -0.1) is 0 Å². The van der Waals surface area contributed by atoms with Gasteiger partial charge < -0.3 is 4.74 Å². The number of hydrogen-bond donors (Lipinski definition) is 0. The molecule has 0 saturated heterocycles. The van der Waals surface area contributed by atoms with Crippen molar-refractivity contribution in [2.24, 2.45) is 0 Å². The van der Waals surface area contributed by atoms with Crippen LogP contribution in [0.25, 0.3) is 0 Å². The Bertz CT molecular complexity index is 573. The first-order valence-electron chi connectivity index (χ1n) is 5.08. The summed E-state index contributed by atoms with van der Waals surface area (Å²) in [6.07, 6.45) is 0. The van der Waals surface area contributed by atoms with Gasteiger partial charge in [0.15, 0.2) is 11.6 Å². The fourth-order valence-corrected chi connectivity index (χ4v) is 2.21. The molecule has 94 valence electrons. The summed E-state index contributed by atoms with van der Waals surface area (Å²) < 4.78 is 32.8. The maximum Gasteiger partial charge on any atom is 0.167 e. The van der Waals surface area contributed by atoms with Crippen molar-refractivity contribution in [3.63, 3.8) is 0 Å². The van der Waals surface area contributed by atoms with E-state index in [1.807, 2.05) is 0 Å². The third-order valence-corrected chi connectivity index (χ3v) is 3.56. The van der Waals surface area contributed by atoms with Crippen LogP contribution >= 0.6 is 31.9 Å². The van der Waals surface area contributed by atoms with E-state index in [1.54, 1.807) is 12.1 Å². The highest BCUT2D eigenvalue weighted by atomic mass is 79.9. The molecule has 0 atom stereocenters. The third kappa shape index (κ3) is 2.90. The van der Waals surface area contributed by atoms with Crippen LogP contribution in [0.4, 0.5) is 8.78 Å². The van der Waals surface area contributed by atoms with E-state index in [-0.39, 0.29) is 11.5 Å². The van der Waals surface area contributed by atoms with E-state index in [1.165, 1.54) is 24.3 Å². The Kier molecular flexibility index (Phi) is 4.35. The van der Waals surface area contributed by atoms with Crippen LogP contribution in [-0.4, -0.2) is 0 Å². The second-order valence-corrected chi connectivity index (χ2v) is 4.95. The summed E-state index contributed by atoms with van der Waals surface area (Å²) in [5.41, 5.74) is 0.658. The fourth-order valence-electron chi connectivity index (χ4n) is 1.44. The minimum atomic E-state index is -0.483. The first-order valence-corrected chi connectivity index (χ1v) is 6.99. The van der Waals surface area contributed by atoms with E-state index in [2.05, 4.69) is 31.9 Å². The molecule has 5 heteroatoms. The van der Waals surface area contributed by atoms with Crippen LogP contribution in [0.5, 0.6) is 11.5 Å². The fraction of sp³-hybridized carbons (Fsp3) is 0.0769. The molecular formula is C13H8Br2F2O. The lowest BCUT2D eigenvalue weighted by molar-refractivity contribution is 0.432. The number of alkyl halides is 1. The van der Waals surface area contributed by atoms with E-state index >= 15 is 0 Å². The number of hydrogen-bond acceptors (Lipinski definition) is 1. The molecule has 18 heavy (non-hydrogen) atoms. The smallest absolute Gasteiger partial charge is 0.167 e. The first kappa shape index (κ1) is 13.5. The molecule has 0 spiro atoms. The predicted molar refractivity (Wildman–Crippen MR) is 73.2 cm³/mol. The van der Waals surface area contributed by atoms with Crippen molar-refractivity contribution in [3.8, 4) is 11.5 Å². The average Bonchev–Trinajstić information content (AvgIpc) is 2.36. The van der Waals surface area contributed by atoms with Gasteiger partial charge in [-0.1, -0.05) is 28.1 Å². The molecule has 1 nitrogen and oxygen atoms in total. The number of rotatable bonds is 3. The van der Waals surface area contributed by atoms with Gasteiger partial charge in [0, 0.05) is 17.0 Å². The molecule has 0 aliphatic carbocycles. The number of benzene rings is 2. The molecule has 0 saturated carbocycles. The molecule has 0 radical (unpaired) electrons. The summed E-state index contributed by atoms with van der Waals surface area (Å²) >= 11 is 6.49. The van der Waals surface area contributed by atoms with Gasteiger partial charge in [-0.2, -0.15) is 0 Å². The molecule has 0 aromatic heterocycles. The van der Waals surface area contributed by atoms with E-state index in [4.69, 9.17) is 4.74 Å². The minimum Gasteiger partial charge on any atom is -0.453 e. The first-order chi connectivity index (χ1) is 8.61. The predicted octanol–water partition coefficient (Wildman–Crippen LogP) is 5.41. The summed E-state index contributed by atoms with van der Waals surface area (Å²) in [5, 5.41) is 0.451. The Labute approximate surface area is 120 Å². The molecule has 2 rings (SSSR count). The zero-order valence-electron chi connectivity index (χ0n) is 9.09. The Balaban J connectivity index is 2.42. The standard InChI is InChI=1S/C13H8Br2F2O/c14-7-8-2-1-3-11(17)13(8)18-12-6-9(16)4-5-10(12)15/h1-6H,7H2. The quantitative estimate of drug-likeness (QED) is 0.649. The molecule has 0 fully saturated rings. The maximum absolute atomic E-state index is 13.7. The molecule has 0 heterocycles. The van der Waals surface area contributed by atoms with E-state index in [0.717, 1.165) is 0 Å². The van der Waals surface area contributed by atoms with Gasteiger partial charge in [0.2, 0.25) is 0 Å². The topological polar surface area (TPSA) is 9.23 Å². The lowest BCUT2D eigenvalue weighted by Crippen LogP contribution is -1.94. The zero-order chi connectivity index (χ0) is 13.1. The second-order valence-electron chi connectivity index (χ2n) is 3.54. The van der Waals surface area contributed by atoms with Gasteiger partial charge >= 0.3 is 0 Å². The van der Waals surface area contributed by atoms with Crippen LogP contribution in [-0.2, 0) is 5.33 Å². The van der Waals surface area contributed by atoms with Crippen molar-refractivity contribution >= 4 is 31.9 Å². The zero-order valence-corrected chi connectivity index (χ0v) is 12.3. The van der Waals surface area contributed by atoms with Crippen molar-refractivity contribution in [3.05, 3.63) is 58.1 Å². The number of ether oxygens (including phenoxy) is 1. The molecule has 2 aromatic carbocycles. The normalized spacial score (nSPS) is 10.4. The SMILES string of the molecule is Fc1ccc(Br)c(Oc2c(F)cccc2CBr)c1. The van der Waals surface area contributed by atoms with E-state index in [9.17, 15) is 8.78 Å². The van der Waals surface area contributed by atoms with Gasteiger partial charge in [0.05, 0.1) is 4.47 Å². The summed E-state index contributed by atoms with van der Waals surface area (Å²) in [4.78, 5) is 0. The second kappa shape index (κ2) is 5.80. The molecular weight excluding hydrogens is 370 g/mol. The van der Waals surface area contributed by atoms with Crippen molar-refractivity contribution in [2.45, 2.75) is 5.33 Å². The summed E-state index contributed by atoms with van der Waals surface area (Å²) in [6, 6.07) is 8.64. The number of halogens is 4.